The van der Waals surface area contributed by atoms with Crippen molar-refractivity contribution in [3.05, 3.63) is 29.3 Å². The number of likely N-dealkylation sites (N-methyl/N-ethyl adjacent to an activating group) is 1. The summed E-state index contributed by atoms with van der Waals surface area (Å²) in [6.07, 6.45) is 3.18. The summed E-state index contributed by atoms with van der Waals surface area (Å²) in [6.45, 7) is 3.22. The third-order valence-electron chi connectivity index (χ3n) is 3.98. The number of piperidine rings is 1. The molecule has 1 aromatic carbocycles. The first kappa shape index (κ1) is 16.0. The zero-order valence-corrected chi connectivity index (χ0v) is 13.5. The lowest BCUT2D eigenvalue weighted by Crippen LogP contribution is -2.47. The Morgan fingerprint density at radius 2 is 2.10 bits per heavy atom. The molecule has 1 heterocycles. The third kappa shape index (κ3) is 3.63. The summed E-state index contributed by atoms with van der Waals surface area (Å²) in [5, 5.41) is 3.20. The second-order valence-electron chi connectivity index (χ2n) is 5.63. The van der Waals surface area contributed by atoms with Crippen molar-refractivity contribution < 1.29 is 13.2 Å². The molecule has 6 heteroatoms. The fourth-order valence-corrected chi connectivity index (χ4v) is 3.28. The van der Waals surface area contributed by atoms with E-state index < -0.39 is 9.84 Å². The van der Waals surface area contributed by atoms with Crippen LogP contribution in [0.3, 0.4) is 0 Å². The average Bonchev–Trinajstić information content (AvgIpc) is 2.46. The summed E-state index contributed by atoms with van der Waals surface area (Å²) in [4.78, 5) is 14.7. The van der Waals surface area contributed by atoms with Crippen LogP contribution in [0.2, 0.25) is 0 Å². The van der Waals surface area contributed by atoms with Gasteiger partial charge in [-0.2, -0.15) is 0 Å². The monoisotopic (exact) mass is 310 g/mol. The summed E-state index contributed by atoms with van der Waals surface area (Å²) in [5.41, 5.74) is 1.29. The highest BCUT2D eigenvalue weighted by molar-refractivity contribution is 7.90. The van der Waals surface area contributed by atoms with Gasteiger partial charge in [0.2, 0.25) is 0 Å². The van der Waals surface area contributed by atoms with Gasteiger partial charge in [-0.15, -0.1) is 0 Å². The SMILES string of the molecule is CNC1CCCN(C(=O)c2cc(S(C)(=O)=O)ccc2C)C1. The highest BCUT2D eigenvalue weighted by Gasteiger charge is 2.25. The summed E-state index contributed by atoms with van der Waals surface area (Å²) >= 11 is 0. The number of likely N-dealkylation sites (tertiary alicyclic amines) is 1. The maximum atomic E-state index is 12.7. The van der Waals surface area contributed by atoms with E-state index in [-0.39, 0.29) is 10.8 Å². The number of benzene rings is 1. The highest BCUT2D eigenvalue weighted by atomic mass is 32.2. The predicted molar refractivity (Wildman–Crippen MR) is 82.3 cm³/mol. The van der Waals surface area contributed by atoms with Gasteiger partial charge in [-0.05, 0) is 44.5 Å². The van der Waals surface area contributed by atoms with E-state index in [4.69, 9.17) is 0 Å². The lowest BCUT2D eigenvalue weighted by atomic mass is 10.0. The highest BCUT2D eigenvalue weighted by Crippen LogP contribution is 2.19. The Bertz CT molecular complexity index is 640. The molecule has 1 saturated heterocycles. The van der Waals surface area contributed by atoms with Crippen molar-refractivity contribution in [2.75, 3.05) is 26.4 Å². The van der Waals surface area contributed by atoms with E-state index in [9.17, 15) is 13.2 Å². The molecule has 0 aromatic heterocycles. The van der Waals surface area contributed by atoms with Gasteiger partial charge < -0.3 is 10.2 Å². The number of amides is 1. The molecule has 1 aliphatic heterocycles. The molecule has 2 rings (SSSR count). The number of carbonyl (C=O) groups is 1. The predicted octanol–water partition coefficient (Wildman–Crippen LogP) is 1.22. The Balaban J connectivity index is 2.30. The van der Waals surface area contributed by atoms with Gasteiger partial charge in [0.25, 0.3) is 5.91 Å². The molecule has 0 bridgehead atoms. The standard InChI is InChI=1S/C15H22N2O3S/c1-11-6-7-13(21(3,19)20)9-14(11)15(18)17-8-4-5-12(10-17)16-2/h6-7,9,12,16H,4-5,8,10H2,1-3H3. The van der Waals surface area contributed by atoms with Crippen LogP contribution in [0.4, 0.5) is 0 Å². The summed E-state index contributed by atoms with van der Waals surface area (Å²) < 4.78 is 23.3. The molecule has 1 fully saturated rings. The van der Waals surface area contributed by atoms with Crippen molar-refractivity contribution in [3.8, 4) is 0 Å². The summed E-state index contributed by atoms with van der Waals surface area (Å²) in [5.74, 6) is -0.0852. The van der Waals surface area contributed by atoms with Gasteiger partial charge >= 0.3 is 0 Å². The van der Waals surface area contributed by atoms with Crippen molar-refractivity contribution in [1.82, 2.24) is 10.2 Å². The van der Waals surface area contributed by atoms with Gasteiger partial charge in [-0.1, -0.05) is 6.07 Å². The quantitative estimate of drug-likeness (QED) is 0.912. The Hall–Kier alpha value is -1.40. The van der Waals surface area contributed by atoms with Crippen molar-refractivity contribution in [2.24, 2.45) is 0 Å². The topological polar surface area (TPSA) is 66.5 Å². The minimum atomic E-state index is -3.30. The number of sulfone groups is 1. The molecule has 0 radical (unpaired) electrons. The van der Waals surface area contributed by atoms with Gasteiger partial charge in [0, 0.05) is 31.0 Å². The van der Waals surface area contributed by atoms with Crippen LogP contribution in [0.15, 0.2) is 23.1 Å². The smallest absolute Gasteiger partial charge is 0.254 e. The van der Waals surface area contributed by atoms with Crippen LogP contribution < -0.4 is 5.32 Å². The largest absolute Gasteiger partial charge is 0.337 e. The molecule has 1 atom stereocenters. The van der Waals surface area contributed by atoms with Gasteiger partial charge in [0.15, 0.2) is 9.84 Å². The number of nitrogens with zero attached hydrogens (tertiary/aromatic N) is 1. The van der Waals surface area contributed by atoms with E-state index in [1.807, 2.05) is 14.0 Å². The minimum absolute atomic E-state index is 0.0852. The fourth-order valence-electron chi connectivity index (χ4n) is 2.63. The van der Waals surface area contributed by atoms with Gasteiger partial charge in [-0.25, -0.2) is 8.42 Å². The van der Waals surface area contributed by atoms with E-state index in [0.29, 0.717) is 18.2 Å². The third-order valence-corrected chi connectivity index (χ3v) is 5.09. The number of hydrogen-bond donors (Lipinski definition) is 1. The van der Waals surface area contributed by atoms with Crippen LogP contribution in [0.25, 0.3) is 0 Å². The second kappa shape index (κ2) is 6.15. The number of hydrogen-bond acceptors (Lipinski definition) is 4. The lowest BCUT2D eigenvalue weighted by molar-refractivity contribution is 0.0697. The zero-order chi connectivity index (χ0) is 15.6. The van der Waals surface area contributed by atoms with Crippen LogP contribution in [-0.4, -0.2) is 51.7 Å². The Morgan fingerprint density at radius 3 is 2.71 bits per heavy atom. The minimum Gasteiger partial charge on any atom is -0.337 e. The van der Waals surface area contributed by atoms with E-state index in [2.05, 4.69) is 5.32 Å². The molecule has 1 unspecified atom stereocenters. The summed E-state index contributed by atoms with van der Waals surface area (Å²) in [6, 6.07) is 5.05. The number of carbonyl (C=O) groups excluding carboxylic acids is 1. The van der Waals surface area contributed by atoms with Gasteiger partial charge in [-0.3, -0.25) is 4.79 Å². The lowest BCUT2D eigenvalue weighted by Gasteiger charge is -2.33. The van der Waals surface area contributed by atoms with Crippen LogP contribution in [0.5, 0.6) is 0 Å². The van der Waals surface area contributed by atoms with Crippen LogP contribution in [-0.2, 0) is 9.84 Å². The second-order valence-corrected chi connectivity index (χ2v) is 7.64. The molecule has 116 valence electrons. The Labute approximate surface area is 126 Å². The molecule has 1 N–H and O–H groups in total. The van der Waals surface area contributed by atoms with Crippen LogP contribution >= 0.6 is 0 Å². The molecule has 21 heavy (non-hydrogen) atoms. The van der Waals surface area contributed by atoms with Crippen LogP contribution in [0.1, 0.15) is 28.8 Å². The van der Waals surface area contributed by atoms with E-state index in [0.717, 1.165) is 31.2 Å². The summed E-state index contributed by atoms with van der Waals surface area (Å²) in [7, 11) is -1.41. The van der Waals surface area contributed by atoms with E-state index >= 15 is 0 Å². The first-order valence-electron chi connectivity index (χ1n) is 7.10. The first-order chi connectivity index (χ1) is 9.82. The Kier molecular flexibility index (Phi) is 4.68. The molecule has 0 spiro atoms. The Morgan fingerprint density at radius 1 is 1.38 bits per heavy atom. The van der Waals surface area contributed by atoms with Crippen molar-refractivity contribution in [2.45, 2.75) is 30.7 Å². The first-order valence-corrected chi connectivity index (χ1v) is 8.99. The molecular formula is C15H22N2O3S. The number of rotatable bonds is 3. The number of nitrogens with one attached hydrogen (secondary N) is 1. The molecule has 5 nitrogen and oxygen atoms in total. The molecule has 0 saturated carbocycles. The maximum Gasteiger partial charge on any atom is 0.254 e. The van der Waals surface area contributed by atoms with Crippen molar-refractivity contribution in [3.63, 3.8) is 0 Å². The maximum absolute atomic E-state index is 12.7. The van der Waals surface area contributed by atoms with E-state index in [1.165, 1.54) is 6.07 Å². The van der Waals surface area contributed by atoms with E-state index in [1.54, 1.807) is 17.0 Å². The molecule has 1 aliphatic rings. The van der Waals surface area contributed by atoms with Crippen molar-refractivity contribution in [1.29, 1.82) is 0 Å². The molecular weight excluding hydrogens is 288 g/mol. The molecule has 1 amide bonds. The van der Waals surface area contributed by atoms with Gasteiger partial charge in [0.1, 0.15) is 0 Å². The number of aryl methyl sites for hydroxylation is 1. The normalized spacial score (nSPS) is 19.6. The molecule has 1 aromatic rings. The zero-order valence-electron chi connectivity index (χ0n) is 12.7. The van der Waals surface area contributed by atoms with Crippen LogP contribution in [0, 0.1) is 6.92 Å². The average molecular weight is 310 g/mol. The van der Waals surface area contributed by atoms with Gasteiger partial charge in [0.05, 0.1) is 4.90 Å². The fraction of sp³-hybridized carbons (Fsp3) is 0.533. The molecule has 0 aliphatic carbocycles. The van der Waals surface area contributed by atoms with Crippen molar-refractivity contribution >= 4 is 15.7 Å².